The van der Waals surface area contributed by atoms with E-state index in [0.717, 1.165) is 0 Å². The van der Waals surface area contributed by atoms with Crippen molar-refractivity contribution >= 4 is 17.3 Å². The zero-order valence-electron chi connectivity index (χ0n) is 7.67. The number of hydrogen-bond donors (Lipinski definition) is 1. The quantitative estimate of drug-likeness (QED) is 0.813. The molecule has 2 N–H and O–H groups in total. The fraction of sp³-hybridized carbons (Fsp3) is 0.333. The fourth-order valence-corrected chi connectivity index (χ4v) is 1.43. The Balaban J connectivity index is 3.30. The van der Waals surface area contributed by atoms with Gasteiger partial charge in [-0.2, -0.15) is 5.26 Å². The zero-order chi connectivity index (χ0) is 11.4. The Labute approximate surface area is 90.5 Å². The van der Waals surface area contributed by atoms with E-state index in [1.807, 2.05) is 6.07 Å². The first-order valence-corrected chi connectivity index (χ1v) is 4.62. The average Bonchev–Trinajstić information content (AvgIpc) is 2.20. The SMILES string of the molecule is N#CCc1c(CCl)cnc(C(F)F)c1N. The Hall–Kier alpha value is -1.41. The number of halogens is 3. The molecule has 6 heteroatoms. The number of nitrogens with zero attached hydrogens (tertiary/aromatic N) is 2. The number of anilines is 1. The van der Waals surface area contributed by atoms with Crippen LogP contribution in [0.1, 0.15) is 23.2 Å². The third-order valence-electron chi connectivity index (χ3n) is 1.95. The minimum absolute atomic E-state index is 0.0455. The van der Waals surface area contributed by atoms with E-state index in [0.29, 0.717) is 11.1 Å². The van der Waals surface area contributed by atoms with Crippen LogP contribution in [-0.2, 0) is 12.3 Å². The first-order chi connectivity index (χ1) is 7.11. The van der Waals surface area contributed by atoms with Gasteiger partial charge in [0.1, 0.15) is 5.69 Å². The molecule has 0 aliphatic rings. The van der Waals surface area contributed by atoms with Crippen LogP contribution in [-0.4, -0.2) is 4.98 Å². The Morgan fingerprint density at radius 2 is 2.27 bits per heavy atom. The number of nitrogen functional groups attached to an aromatic ring is 1. The van der Waals surface area contributed by atoms with E-state index in [4.69, 9.17) is 22.6 Å². The van der Waals surface area contributed by atoms with Crippen LogP contribution in [0, 0.1) is 11.3 Å². The summed E-state index contributed by atoms with van der Waals surface area (Å²) in [5, 5.41) is 8.54. The summed E-state index contributed by atoms with van der Waals surface area (Å²) in [5.41, 5.74) is 5.73. The molecule has 0 aliphatic carbocycles. The number of nitriles is 1. The normalized spacial score (nSPS) is 10.3. The maximum Gasteiger partial charge on any atom is 0.282 e. The van der Waals surface area contributed by atoms with Gasteiger partial charge in [0.25, 0.3) is 6.43 Å². The van der Waals surface area contributed by atoms with Gasteiger partial charge in [-0.05, 0) is 11.1 Å². The molecule has 0 radical (unpaired) electrons. The molecule has 0 amide bonds. The lowest BCUT2D eigenvalue weighted by Gasteiger charge is -2.10. The monoisotopic (exact) mass is 231 g/mol. The predicted molar refractivity (Wildman–Crippen MR) is 52.5 cm³/mol. The Kier molecular flexibility index (Phi) is 3.81. The van der Waals surface area contributed by atoms with Gasteiger partial charge < -0.3 is 5.73 Å². The maximum atomic E-state index is 12.4. The van der Waals surface area contributed by atoms with Gasteiger partial charge in [0.15, 0.2) is 0 Å². The molecule has 1 rings (SSSR count). The Morgan fingerprint density at radius 1 is 1.60 bits per heavy atom. The molecule has 15 heavy (non-hydrogen) atoms. The summed E-state index contributed by atoms with van der Waals surface area (Å²) in [4.78, 5) is 3.52. The van der Waals surface area contributed by atoms with Crippen molar-refractivity contribution in [2.45, 2.75) is 18.7 Å². The van der Waals surface area contributed by atoms with Crippen LogP contribution in [0.25, 0.3) is 0 Å². The van der Waals surface area contributed by atoms with E-state index >= 15 is 0 Å². The largest absolute Gasteiger partial charge is 0.397 e. The lowest BCUT2D eigenvalue weighted by atomic mass is 10.1. The first-order valence-electron chi connectivity index (χ1n) is 4.09. The van der Waals surface area contributed by atoms with Gasteiger partial charge in [-0.1, -0.05) is 0 Å². The van der Waals surface area contributed by atoms with Crippen molar-refractivity contribution < 1.29 is 8.78 Å². The van der Waals surface area contributed by atoms with E-state index in [2.05, 4.69) is 4.98 Å². The minimum atomic E-state index is -2.74. The number of nitrogens with two attached hydrogens (primary N) is 1. The van der Waals surface area contributed by atoms with Crippen molar-refractivity contribution in [1.82, 2.24) is 4.98 Å². The van der Waals surface area contributed by atoms with E-state index in [1.54, 1.807) is 0 Å². The van der Waals surface area contributed by atoms with E-state index in [1.165, 1.54) is 6.20 Å². The lowest BCUT2D eigenvalue weighted by Crippen LogP contribution is -2.06. The molecule has 80 valence electrons. The third kappa shape index (κ3) is 2.34. The van der Waals surface area contributed by atoms with Crippen molar-refractivity contribution in [3.05, 3.63) is 23.0 Å². The highest BCUT2D eigenvalue weighted by Gasteiger charge is 2.18. The van der Waals surface area contributed by atoms with Gasteiger partial charge in [-0.15, -0.1) is 11.6 Å². The van der Waals surface area contributed by atoms with Gasteiger partial charge in [0.2, 0.25) is 0 Å². The number of rotatable bonds is 3. The predicted octanol–water partition coefficient (Wildman–Crippen LogP) is 2.41. The number of aromatic nitrogens is 1. The molecule has 0 saturated heterocycles. The summed E-state index contributed by atoms with van der Waals surface area (Å²) in [6.45, 7) is 0. The van der Waals surface area contributed by atoms with Crippen LogP contribution in [0.5, 0.6) is 0 Å². The summed E-state index contributed by atoms with van der Waals surface area (Å²) in [5.74, 6) is 0.0950. The highest BCUT2D eigenvalue weighted by molar-refractivity contribution is 6.17. The van der Waals surface area contributed by atoms with Crippen LogP contribution in [0.2, 0.25) is 0 Å². The second kappa shape index (κ2) is 4.89. The van der Waals surface area contributed by atoms with Crippen LogP contribution < -0.4 is 5.73 Å². The van der Waals surface area contributed by atoms with Gasteiger partial charge in [0.05, 0.1) is 18.2 Å². The van der Waals surface area contributed by atoms with Crippen molar-refractivity contribution in [3.8, 4) is 6.07 Å². The smallest absolute Gasteiger partial charge is 0.282 e. The number of alkyl halides is 3. The van der Waals surface area contributed by atoms with Gasteiger partial charge in [-0.25, -0.2) is 8.78 Å². The van der Waals surface area contributed by atoms with Crippen molar-refractivity contribution in [2.75, 3.05) is 5.73 Å². The molecule has 1 heterocycles. The molecule has 3 nitrogen and oxygen atoms in total. The Bertz CT molecular complexity index is 401. The molecule has 1 aromatic heterocycles. The molecular formula is C9H8ClF2N3. The third-order valence-corrected chi connectivity index (χ3v) is 2.24. The molecule has 0 spiro atoms. The summed E-state index contributed by atoms with van der Waals surface area (Å²) in [6, 6.07) is 1.85. The van der Waals surface area contributed by atoms with E-state index < -0.39 is 12.1 Å². The Morgan fingerprint density at radius 3 is 2.73 bits per heavy atom. The molecular weight excluding hydrogens is 224 g/mol. The van der Waals surface area contributed by atoms with Gasteiger partial charge in [-0.3, -0.25) is 4.98 Å². The fourth-order valence-electron chi connectivity index (χ4n) is 1.20. The maximum absolute atomic E-state index is 12.4. The molecule has 0 fully saturated rings. The van der Waals surface area contributed by atoms with Crippen LogP contribution in [0.4, 0.5) is 14.5 Å². The molecule has 0 aliphatic heterocycles. The average molecular weight is 232 g/mol. The molecule has 0 unspecified atom stereocenters. The van der Waals surface area contributed by atoms with E-state index in [-0.39, 0.29) is 18.0 Å². The van der Waals surface area contributed by atoms with Crippen molar-refractivity contribution in [1.29, 1.82) is 5.26 Å². The summed E-state index contributed by atoms with van der Waals surface area (Å²) in [6.07, 6.45) is -1.56. The molecule has 0 saturated carbocycles. The van der Waals surface area contributed by atoms with Gasteiger partial charge in [0, 0.05) is 12.1 Å². The molecule has 1 aromatic rings. The van der Waals surface area contributed by atoms with Crippen LogP contribution in [0.15, 0.2) is 6.20 Å². The topological polar surface area (TPSA) is 62.7 Å². The lowest BCUT2D eigenvalue weighted by molar-refractivity contribution is 0.147. The minimum Gasteiger partial charge on any atom is -0.397 e. The molecule has 0 bridgehead atoms. The first kappa shape index (κ1) is 11.7. The molecule has 0 atom stereocenters. The van der Waals surface area contributed by atoms with Crippen molar-refractivity contribution in [2.24, 2.45) is 0 Å². The highest BCUT2D eigenvalue weighted by Crippen LogP contribution is 2.28. The summed E-state index contributed by atoms with van der Waals surface area (Å²) >= 11 is 5.58. The van der Waals surface area contributed by atoms with Crippen molar-refractivity contribution in [3.63, 3.8) is 0 Å². The number of hydrogen-bond acceptors (Lipinski definition) is 3. The second-order valence-electron chi connectivity index (χ2n) is 2.83. The second-order valence-corrected chi connectivity index (χ2v) is 3.10. The standard InChI is InChI=1S/C9H8ClF2N3/c10-3-5-4-15-8(9(11)12)7(14)6(5)1-2-13/h4,9H,1,3,14H2. The van der Waals surface area contributed by atoms with Crippen LogP contribution in [0.3, 0.4) is 0 Å². The molecule has 0 aromatic carbocycles. The highest BCUT2D eigenvalue weighted by atomic mass is 35.5. The van der Waals surface area contributed by atoms with Gasteiger partial charge >= 0.3 is 0 Å². The van der Waals surface area contributed by atoms with E-state index in [9.17, 15) is 8.78 Å². The summed E-state index contributed by atoms with van der Waals surface area (Å²) in [7, 11) is 0. The number of pyridine rings is 1. The summed E-state index contributed by atoms with van der Waals surface area (Å²) < 4.78 is 24.9. The zero-order valence-corrected chi connectivity index (χ0v) is 8.43. The van der Waals surface area contributed by atoms with Crippen LogP contribution >= 0.6 is 11.6 Å².